The first-order chi connectivity index (χ1) is 12.8. The number of fused-ring (bicyclic) bond motifs is 1. The second-order valence-electron chi connectivity index (χ2n) is 6.86. The van der Waals surface area contributed by atoms with Crippen LogP contribution in [0.2, 0.25) is 0 Å². The predicted molar refractivity (Wildman–Crippen MR) is 101 cm³/mol. The molecule has 2 amide bonds. The van der Waals surface area contributed by atoms with Crippen molar-refractivity contribution in [3.63, 3.8) is 0 Å². The van der Waals surface area contributed by atoms with Crippen LogP contribution in [-0.4, -0.2) is 28.5 Å². The molecule has 2 heterocycles. The van der Waals surface area contributed by atoms with Crippen LogP contribution in [0.3, 0.4) is 0 Å². The number of nitrogens with one attached hydrogen (secondary N) is 2. The molecule has 0 saturated carbocycles. The van der Waals surface area contributed by atoms with E-state index in [0.717, 1.165) is 21.8 Å². The Balaban J connectivity index is 1.73. The molecule has 1 aromatic heterocycles. The molecule has 1 aromatic carbocycles. The van der Waals surface area contributed by atoms with Crippen LogP contribution in [-0.2, 0) is 33.9 Å². The molecule has 27 heavy (non-hydrogen) atoms. The zero-order valence-corrected chi connectivity index (χ0v) is 15.8. The Morgan fingerprint density at radius 2 is 1.89 bits per heavy atom. The maximum absolute atomic E-state index is 12.2. The van der Waals surface area contributed by atoms with Gasteiger partial charge in [-0.2, -0.15) is 0 Å². The Morgan fingerprint density at radius 3 is 2.56 bits per heavy atom. The van der Waals surface area contributed by atoms with Crippen LogP contribution < -0.4 is 10.6 Å². The lowest BCUT2D eigenvalue weighted by molar-refractivity contribution is -0.136. The van der Waals surface area contributed by atoms with E-state index in [0.29, 0.717) is 12.0 Å². The van der Waals surface area contributed by atoms with Crippen molar-refractivity contribution < 1.29 is 24.2 Å². The molecule has 3 rings (SSSR count). The monoisotopic (exact) mass is 388 g/mol. The number of carboxylic acids is 1. The average Bonchev–Trinajstić information content (AvgIpc) is 2.96. The fourth-order valence-electron chi connectivity index (χ4n) is 2.89. The molecule has 0 saturated heterocycles. The number of hydrogen-bond donors (Lipinski definition) is 3. The summed E-state index contributed by atoms with van der Waals surface area (Å²) in [7, 11) is 0. The summed E-state index contributed by atoms with van der Waals surface area (Å²) in [6.45, 7) is 4.26. The number of rotatable bonds is 4. The lowest BCUT2D eigenvalue weighted by atomic mass is 9.93. The SMILES string of the molecule is CC1(C)Cc2c(sc(NC(=O)C(=O)NCc3ccccc3)c2C(=O)O)CO1. The van der Waals surface area contributed by atoms with Crippen molar-refractivity contribution in [2.24, 2.45) is 0 Å². The Bertz CT molecular complexity index is 889. The Hall–Kier alpha value is -2.71. The van der Waals surface area contributed by atoms with Crippen molar-refractivity contribution in [3.05, 3.63) is 51.9 Å². The highest BCUT2D eigenvalue weighted by Gasteiger charge is 2.34. The van der Waals surface area contributed by atoms with Crippen LogP contribution in [0.4, 0.5) is 5.00 Å². The van der Waals surface area contributed by atoms with E-state index in [1.54, 1.807) is 0 Å². The van der Waals surface area contributed by atoms with E-state index in [2.05, 4.69) is 10.6 Å². The number of ether oxygens (including phenoxy) is 1. The third-order valence-corrected chi connectivity index (χ3v) is 5.35. The van der Waals surface area contributed by atoms with E-state index >= 15 is 0 Å². The summed E-state index contributed by atoms with van der Waals surface area (Å²) in [6.07, 6.45) is 0.427. The molecule has 3 N–H and O–H groups in total. The number of benzene rings is 1. The molecule has 0 aliphatic carbocycles. The first-order valence-corrected chi connectivity index (χ1v) is 9.23. The Morgan fingerprint density at radius 1 is 1.19 bits per heavy atom. The molecule has 8 heteroatoms. The molecular weight excluding hydrogens is 368 g/mol. The van der Waals surface area contributed by atoms with Gasteiger partial charge in [0.05, 0.1) is 17.8 Å². The first-order valence-electron chi connectivity index (χ1n) is 8.42. The molecule has 0 radical (unpaired) electrons. The van der Waals surface area contributed by atoms with E-state index in [9.17, 15) is 19.5 Å². The van der Waals surface area contributed by atoms with Crippen LogP contribution in [0.25, 0.3) is 0 Å². The molecule has 0 fully saturated rings. The fraction of sp³-hybridized carbons (Fsp3) is 0.316. The summed E-state index contributed by atoms with van der Waals surface area (Å²) in [5.74, 6) is -2.85. The molecule has 7 nitrogen and oxygen atoms in total. The van der Waals surface area contributed by atoms with E-state index in [-0.39, 0.29) is 23.7 Å². The Labute approximate surface area is 160 Å². The third kappa shape index (κ3) is 4.35. The molecular formula is C19H20N2O5S. The van der Waals surface area contributed by atoms with Gasteiger partial charge in [0.25, 0.3) is 0 Å². The highest BCUT2D eigenvalue weighted by atomic mass is 32.1. The number of carbonyl (C=O) groups excluding carboxylic acids is 2. The van der Waals surface area contributed by atoms with Gasteiger partial charge in [-0.1, -0.05) is 30.3 Å². The summed E-state index contributed by atoms with van der Waals surface area (Å²) in [5.41, 5.74) is 1.07. The molecule has 1 aliphatic heterocycles. The number of carboxylic acid groups (broad SMARTS) is 1. The molecule has 142 valence electrons. The zero-order valence-electron chi connectivity index (χ0n) is 15.0. The summed E-state index contributed by atoms with van der Waals surface area (Å²) in [5, 5.41) is 14.7. The quantitative estimate of drug-likeness (QED) is 0.698. The first kappa shape index (κ1) is 19.1. The minimum absolute atomic E-state index is 0.0376. The van der Waals surface area contributed by atoms with Crippen molar-refractivity contribution in [1.29, 1.82) is 0 Å². The van der Waals surface area contributed by atoms with Crippen molar-refractivity contribution in [1.82, 2.24) is 5.32 Å². The summed E-state index contributed by atoms with van der Waals surface area (Å²) in [4.78, 5) is 36.8. The average molecular weight is 388 g/mol. The van der Waals surface area contributed by atoms with Gasteiger partial charge in [0.1, 0.15) is 5.00 Å². The standard InChI is InChI=1S/C19H20N2O5S/c1-19(2)8-12-13(10-26-19)27-17(14(12)18(24)25)21-16(23)15(22)20-9-11-6-4-3-5-7-11/h3-7H,8-10H2,1-2H3,(H,20,22)(H,21,23)(H,24,25). The summed E-state index contributed by atoms with van der Waals surface area (Å²) >= 11 is 1.13. The largest absolute Gasteiger partial charge is 0.478 e. The summed E-state index contributed by atoms with van der Waals surface area (Å²) in [6, 6.07) is 9.18. The number of hydrogen-bond acceptors (Lipinski definition) is 5. The molecule has 2 aromatic rings. The maximum atomic E-state index is 12.2. The number of anilines is 1. The number of aromatic carboxylic acids is 1. The van der Waals surface area contributed by atoms with Gasteiger partial charge >= 0.3 is 17.8 Å². The van der Waals surface area contributed by atoms with Crippen LogP contribution in [0.1, 0.15) is 40.2 Å². The lowest BCUT2D eigenvalue weighted by Crippen LogP contribution is -2.35. The predicted octanol–water partition coefficient (Wildman–Crippen LogP) is 2.55. The third-order valence-electron chi connectivity index (χ3n) is 4.23. The van der Waals surface area contributed by atoms with Crippen LogP contribution in [0.5, 0.6) is 0 Å². The highest BCUT2D eigenvalue weighted by Crippen LogP contribution is 2.40. The van der Waals surface area contributed by atoms with Crippen LogP contribution in [0.15, 0.2) is 30.3 Å². The van der Waals surface area contributed by atoms with E-state index < -0.39 is 23.4 Å². The molecule has 1 aliphatic rings. The van der Waals surface area contributed by atoms with Crippen molar-refractivity contribution in [3.8, 4) is 0 Å². The minimum atomic E-state index is -1.13. The minimum Gasteiger partial charge on any atom is -0.478 e. The van der Waals surface area contributed by atoms with E-state index in [1.165, 1.54) is 0 Å². The van der Waals surface area contributed by atoms with Gasteiger partial charge < -0.3 is 20.5 Å². The van der Waals surface area contributed by atoms with Crippen LogP contribution >= 0.6 is 11.3 Å². The molecule has 0 atom stereocenters. The van der Waals surface area contributed by atoms with Crippen molar-refractivity contribution >= 4 is 34.1 Å². The second kappa shape index (κ2) is 7.50. The van der Waals surface area contributed by atoms with E-state index in [4.69, 9.17) is 4.74 Å². The van der Waals surface area contributed by atoms with Gasteiger partial charge in [-0.25, -0.2) is 4.79 Å². The van der Waals surface area contributed by atoms with Gasteiger partial charge in [0.15, 0.2) is 0 Å². The van der Waals surface area contributed by atoms with Gasteiger partial charge in [-0.05, 0) is 25.0 Å². The number of carbonyl (C=O) groups is 3. The molecule has 0 unspecified atom stereocenters. The topological polar surface area (TPSA) is 105 Å². The summed E-state index contributed by atoms with van der Waals surface area (Å²) < 4.78 is 5.71. The van der Waals surface area contributed by atoms with Gasteiger partial charge in [-0.3, -0.25) is 9.59 Å². The molecule has 0 spiro atoms. The van der Waals surface area contributed by atoms with Gasteiger partial charge in [-0.15, -0.1) is 11.3 Å². The normalized spacial score (nSPS) is 14.9. The number of amides is 2. The Kier molecular flexibility index (Phi) is 5.29. The number of thiophene rings is 1. The fourth-order valence-corrected chi connectivity index (χ4v) is 4.00. The smallest absolute Gasteiger partial charge is 0.339 e. The van der Waals surface area contributed by atoms with Crippen molar-refractivity contribution in [2.75, 3.05) is 5.32 Å². The second-order valence-corrected chi connectivity index (χ2v) is 7.97. The van der Waals surface area contributed by atoms with Crippen LogP contribution in [0, 0.1) is 0 Å². The zero-order chi connectivity index (χ0) is 19.6. The van der Waals surface area contributed by atoms with Gasteiger partial charge in [0, 0.05) is 17.8 Å². The maximum Gasteiger partial charge on any atom is 0.339 e. The highest BCUT2D eigenvalue weighted by molar-refractivity contribution is 7.17. The molecule has 0 bridgehead atoms. The van der Waals surface area contributed by atoms with Gasteiger partial charge in [0.2, 0.25) is 0 Å². The van der Waals surface area contributed by atoms with E-state index in [1.807, 2.05) is 44.2 Å². The van der Waals surface area contributed by atoms with Crippen molar-refractivity contribution in [2.45, 2.75) is 39.0 Å². The lowest BCUT2D eigenvalue weighted by Gasteiger charge is -2.30.